The summed E-state index contributed by atoms with van der Waals surface area (Å²) in [7, 11) is 2.94. The molecule has 0 radical (unpaired) electrons. The van der Waals surface area contributed by atoms with E-state index in [9.17, 15) is 4.79 Å². The lowest BCUT2D eigenvalue weighted by Gasteiger charge is -2.11. The van der Waals surface area contributed by atoms with Crippen molar-refractivity contribution in [2.45, 2.75) is 13.3 Å². The molecule has 0 spiro atoms. The van der Waals surface area contributed by atoms with Gasteiger partial charge in [0.1, 0.15) is 0 Å². The molecule has 0 aromatic heterocycles. The Kier molecular flexibility index (Phi) is 5.84. The quantitative estimate of drug-likeness (QED) is 0.789. The van der Waals surface area contributed by atoms with Crippen LogP contribution in [0.3, 0.4) is 0 Å². The summed E-state index contributed by atoms with van der Waals surface area (Å²) < 4.78 is 15.3. The molecular formula is C13H19NO4. The van der Waals surface area contributed by atoms with Gasteiger partial charge >= 0.3 is 6.09 Å². The largest absolute Gasteiger partial charge is 0.493 e. The van der Waals surface area contributed by atoms with Crippen LogP contribution in [0, 0.1) is 6.92 Å². The molecule has 0 unspecified atom stereocenters. The fourth-order valence-electron chi connectivity index (χ4n) is 1.41. The van der Waals surface area contributed by atoms with Crippen LogP contribution < -0.4 is 14.8 Å². The Bertz CT molecular complexity index is 393. The number of rotatable bonds is 6. The minimum atomic E-state index is -0.428. The molecule has 5 nitrogen and oxygen atoms in total. The minimum Gasteiger partial charge on any atom is -0.493 e. The fraction of sp³-hybridized carbons (Fsp3) is 0.462. The first-order valence-corrected chi connectivity index (χ1v) is 5.76. The van der Waals surface area contributed by atoms with E-state index in [1.54, 1.807) is 7.11 Å². The molecule has 1 aromatic carbocycles. The van der Waals surface area contributed by atoms with Gasteiger partial charge in [0.2, 0.25) is 0 Å². The molecule has 1 N–H and O–H groups in total. The number of nitrogens with one attached hydrogen (secondary N) is 1. The van der Waals surface area contributed by atoms with Crippen molar-refractivity contribution in [3.63, 3.8) is 0 Å². The van der Waals surface area contributed by atoms with Crippen molar-refractivity contribution in [1.82, 2.24) is 5.32 Å². The van der Waals surface area contributed by atoms with Gasteiger partial charge in [-0.2, -0.15) is 0 Å². The number of alkyl carbamates (subject to hydrolysis) is 1. The second kappa shape index (κ2) is 7.42. The predicted molar refractivity (Wildman–Crippen MR) is 68.3 cm³/mol. The van der Waals surface area contributed by atoms with Crippen LogP contribution in [-0.2, 0) is 4.74 Å². The van der Waals surface area contributed by atoms with E-state index in [4.69, 9.17) is 9.47 Å². The van der Waals surface area contributed by atoms with Gasteiger partial charge in [-0.25, -0.2) is 4.79 Å². The van der Waals surface area contributed by atoms with Crippen LogP contribution in [0.4, 0.5) is 4.79 Å². The van der Waals surface area contributed by atoms with Crippen molar-refractivity contribution >= 4 is 6.09 Å². The number of ether oxygens (including phenoxy) is 3. The summed E-state index contributed by atoms with van der Waals surface area (Å²) in [6.45, 7) is 3.01. The Hall–Kier alpha value is -1.91. The third-order valence-electron chi connectivity index (χ3n) is 2.35. The predicted octanol–water partition coefficient (Wildman–Crippen LogP) is 2.13. The Morgan fingerprint density at radius 1 is 1.28 bits per heavy atom. The highest BCUT2D eigenvalue weighted by atomic mass is 16.5. The standard InChI is InChI=1S/C13H19NO4/c1-10-5-6-11(16-2)12(9-10)18-8-4-7-14-13(15)17-3/h5-6,9H,4,7-8H2,1-3H3,(H,14,15). The van der Waals surface area contributed by atoms with Crippen LogP contribution in [0.5, 0.6) is 11.5 Å². The van der Waals surface area contributed by atoms with Crippen LogP contribution in [-0.4, -0.2) is 33.5 Å². The van der Waals surface area contributed by atoms with Gasteiger partial charge < -0.3 is 19.5 Å². The van der Waals surface area contributed by atoms with Gasteiger partial charge in [-0.05, 0) is 31.0 Å². The molecule has 5 heteroatoms. The SMILES string of the molecule is COC(=O)NCCCOc1cc(C)ccc1OC. The van der Waals surface area contributed by atoms with Crippen molar-refractivity contribution in [2.24, 2.45) is 0 Å². The number of aryl methyl sites for hydroxylation is 1. The van der Waals surface area contributed by atoms with Crippen LogP contribution >= 0.6 is 0 Å². The maximum atomic E-state index is 10.8. The first-order chi connectivity index (χ1) is 8.67. The van der Waals surface area contributed by atoms with Gasteiger partial charge in [-0.15, -0.1) is 0 Å². The summed E-state index contributed by atoms with van der Waals surface area (Å²) >= 11 is 0. The van der Waals surface area contributed by atoms with Gasteiger partial charge in [0.15, 0.2) is 11.5 Å². The number of carbonyl (C=O) groups is 1. The molecule has 0 saturated carbocycles. The van der Waals surface area contributed by atoms with Crippen molar-refractivity contribution in [3.8, 4) is 11.5 Å². The molecular weight excluding hydrogens is 234 g/mol. The second-order valence-electron chi connectivity index (χ2n) is 3.77. The summed E-state index contributed by atoms with van der Waals surface area (Å²) in [6, 6.07) is 5.76. The third-order valence-corrected chi connectivity index (χ3v) is 2.35. The van der Waals surface area contributed by atoms with E-state index < -0.39 is 6.09 Å². The Morgan fingerprint density at radius 3 is 2.72 bits per heavy atom. The molecule has 0 atom stereocenters. The number of hydrogen-bond acceptors (Lipinski definition) is 4. The molecule has 18 heavy (non-hydrogen) atoms. The maximum absolute atomic E-state index is 10.8. The van der Waals surface area contributed by atoms with E-state index in [0.29, 0.717) is 25.3 Å². The molecule has 0 aliphatic rings. The molecule has 0 saturated heterocycles. The smallest absolute Gasteiger partial charge is 0.406 e. The number of hydrogen-bond donors (Lipinski definition) is 1. The molecule has 1 aromatic rings. The first kappa shape index (κ1) is 14.2. The van der Waals surface area contributed by atoms with Crippen LogP contribution in [0.25, 0.3) is 0 Å². The molecule has 0 fully saturated rings. The summed E-state index contributed by atoms with van der Waals surface area (Å²) in [5, 5.41) is 2.59. The van der Waals surface area contributed by atoms with Crippen molar-refractivity contribution in [1.29, 1.82) is 0 Å². The summed E-state index contributed by atoms with van der Waals surface area (Å²) in [4.78, 5) is 10.8. The van der Waals surface area contributed by atoms with Gasteiger partial charge in [0.05, 0.1) is 20.8 Å². The topological polar surface area (TPSA) is 56.8 Å². The molecule has 0 aliphatic heterocycles. The normalized spacial score (nSPS) is 9.72. The Labute approximate surface area is 107 Å². The summed E-state index contributed by atoms with van der Waals surface area (Å²) in [5.41, 5.74) is 1.11. The van der Waals surface area contributed by atoms with E-state index in [1.165, 1.54) is 7.11 Å². The zero-order valence-electron chi connectivity index (χ0n) is 11.0. The molecule has 1 amide bonds. The molecule has 0 aliphatic carbocycles. The average Bonchev–Trinajstić information content (AvgIpc) is 2.38. The minimum absolute atomic E-state index is 0.428. The van der Waals surface area contributed by atoms with E-state index in [0.717, 1.165) is 11.3 Å². The molecule has 0 heterocycles. The highest BCUT2D eigenvalue weighted by molar-refractivity contribution is 5.66. The average molecular weight is 253 g/mol. The van der Waals surface area contributed by atoms with E-state index in [2.05, 4.69) is 10.1 Å². The highest BCUT2D eigenvalue weighted by Gasteiger charge is 2.04. The number of methoxy groups -OCH3 is 2. The Morgan fingerprint density at radius 2 is 2.06 bits per heavy atom. The van der Waals surface area contributed by atoms with Crippen molar-refractivity contribution in [2.75, 3.05) is 27.4 Å². The second-order valence-corrected chi connectivity index (χ2v) is 3.77. The van der Waals surface area contributed by atoms with Crippen LogP contribution in [0.1, 0.15) is 12.0 Å². The molecule has 1 rings (SSSR count). The first-order valence-electron chi connectivity index (χ1n) is 5.76. The van der Waals surface area contributed by atoms with Crippen molar-refractivity contribution < 1.29 is 19.0 Å². The molecule has 0 bridgehead atoms. The zero-order chi connectivity index (χ0) is 13.4. The zero-order valence-corrected chi connectivity index (χ0v) is 11.0. The van der Waals surface area contributed by atoms with Crippen LogP contribution in [0.15, 0.2) is 18.2 Å². The number of carbonyl (C=O) groups excluding carboxylic acids is 1. The van der Waals surface area contributed by atoms with E-state index >= 15 is 0 Å². The third kappa shape index (κ3) is 4.53. The molecule has 100 valence electrons. The monoisotopic (exact) mass is 253 g/mol. The lowest BCUT2D eigenvalue weighted by atomic mass is 10.2. The van der Waals surface area contributed by atoms with Gasteiger partial charge in [0, 0.05) is 6.54 Å². The maximum Gasteiger partial charge on any atom is 0.406 e. The van der Waals surface area contributed by atoms with E-state index in [-0.39, 0.29) is 0 Å². The van der Waals surface area contributed by atoms with Gasteiger partial charge in [-0.3, -0.25) is 0 Å². The summed E-state index contributed by atoms with van der Waals surface area (Å²) in [6.07, 6.45) is 0.273. The lowest BCUT2D eigenvalue weighted by molar-refractivity contribution is 0.170. The number of amides is 1. The Balaban J connectivity index is 2.34. The lowest BCUT2D eigenvalue weighted by Crippen LogP contribution is -2.25. The number of benzene rings is 1. The van der Waals surface area contributed by atoms with E-state index in [1.807, 2.05) is 25.1 Å². The fourth-order valence-corrected chi connectivity index (χ4v) is 1.41. The van der Waals surface area contributed by atoms with Crippen LogP contribution in [0.2, 0.25) is 0 Å². The van der Waals surface area contributed by atoms with Crippen molar-refractivity contribution in [3.05, 3.63) is 23.8 Å². The van der Waals surface area contributed by atoms with Gasteiger partial charge in [0.25, 0.3) is 0 Å². The van der Waals surface area contributed by atoms with Gasteiger partial charge in [-0.1, -0.05) is 6.07 Å². The summed E-state index contributed by atoms with van der Waals surface area (Å²) in [5.74, 6) is 1.43. The highest BCUT2D eigenvalue weighted by Crippen LogP contribution is 2.27.